The monoisotopic (exact) mass is 341 g/mol. The molecule has 8 heteroatoms. The van der Waals surface area contributed by atoms with E-state index in [1.807, 2.05) is 24.3 Å². The van der Waals surface area contributed by atoms with Crippen molar-refractivity contribution in [2.24, 2.45) is 5.73 Å². The molecule has 0 bridgehead atoms. The molecular weight excluding hydrogens is 322 g/mol. The zero-order valence-electron chi connectivity index (χ0n) is 13.7. The molecule has 0 spiro atoms. The number of oxazole rings is 1. The number of likely N-dealkylation sites (tertiary alicyclic amines) is 1. The van der Waals surface area contributed by atoms with Crippen LogP contribution in [0.25, 0.3) is 11.1 Å². The summed E-state index contributed by atoms with van der Waals surface area (Å²) in [7, 11) is 0. The van der Waals surface area contributed by atoms with Gasteiger partial charge in [-0.2, -0.15) is 4.98 Å². The van der Waals surface area contributed by atoms with E-state index in [1.165, 1.54) is 0 Å². The fourth-order valence-electron chi connectivity index (χ4n) is 3.30. The Bertz CT molecular complexity index is 854. The second-order valence-electron chi connectivity index (χ2n) is 6.19. The van der Waals surface area contributed by atoms with Crippen molar-refractivity contribution in [2.75, 3.05) is 13.1 Å². The summed E-state index contributed by atoms with van der Waals surface area (Å²) in [6.45, 7) is 1.84. The number of benzene rings is 1. The Morgan fingerprint density at radius 1 is 1.32 bits per heavy atom. The smallest absolute Gasteiger partial charge is 0.290 e. The van der Waals surface area contributed by atoms with Gasteiger partial charge in [-0.1, -0.05) is 17.3 Å². The first-order valence-electron chi connectivity index (χ1n) is 8.42. The first-order valence-corrected chi connectivity index (χ1v) is 8.42. The molecule has 0 unspecified atom stereocenters. The standard InChI is InChI=1S/C17H19N5O3/c18-15(23)16-20-17(25-21-16)12-6-3-9-22(12)10-4-8-14-19-11-5-1-2-7-13(11)24-14/h1-2,5,7,12H,3-4,6,8-10H2,(H2,18,23)/t12-/m1/s1. The Labute approximate surface area is 144 Å². The first kappa shape index (κ1) is 15.8. The Morgan fingerprint density at radius 2 is 2.20 bits per heavy atom. The van der Waals surface area contributed by atoms with E-state index in [0.29, 0.717) is 5.89 Å². The lowest BCUT2D eigenvalue weighted by Crippen LogP contribution is -2.25. The summed E-state index contributed by atoms with van der Waals surface area (Å²) >= 11 is 0. The molecule has 2 aromatic heterocycles. The fourth-order valence-corrected chi connectivity index (χ4v) is 3.30. The minimum atomic E-state index is -0.671. The van der Waals surface area contributed by atoms with Crippen molar-refractivity contribution < 1.29 is 13.7 Å². The molecule has 0 aliphatic carbocycles. The average molecular weight is 341 g/mol. The summed E-state index contributed by atoms with van der Waals surface area (Å²) in [6, 6.07) is 7.81. The van der Waals surface area contributed by atoms with Crippen LogP contribution in [0, 0.1) is 0 Å². The van der Waals surface area contributed by atoms with Crippen LogP contribution < -0.4 is 5.73 Å². The van der Waals surface area contributed by atoms with Crippen LogP contribution in [0.3, 0.4) is 0 Å². The Hall–Kier alpha value is -2.74. The number of amides is 1. The van der Waals surface area contributed by atoms with E-state index in [0.717, 1.165) is 55.8 Å². The van der Waals surface area contributed by atoms with Crippen molar-refractivity contribution in [3.63, 3.8) is 0 Å². The summed E-state index contributed by atoms with van der Waals surface area (Å²) in [4.78, 5) is 22.0. The molecule has 2 N–H and O–H groups in total. The van der Waals surface area contributed by atoms with Gasteiger partial charge in [0.05, 0.1) is 6.04 Å². The van der Waals surface area contributed by atoms with Crippen LogP contribution in [0.15, 0.2) is 33.2 Å². The van der Waals surface area contributed by atoms with E-state index in [9.17, 15) is 4.79 Å². The number of fused-ring (bicyclic) bond motifs is 1. The van der Waals surface area contributed by atoms with Crippen LogP contribution in [0.5, 0.6) is 0 Å². The lowest BCUT2D eigenvalue weighted by atomic mass is 10.2. The minimum Gasteiger partial charge on any atom is -0.441 e. The third kappa shape index (κ3) is 3.25. The van der Waals surface area contributed by atoms with Gasteiger partial charge in [0, 0.05) is 6.42 Å². The summed E-state index contributed by atoms with van der Waals surface area (Å²) in [5, 5.41) is 3.63. The maximum absolute atomic E-state index is 11.1. The highest BCUT2D eigenvalue weighted by molar-refractivity contribution is 5.88. The van der Waals surface area contributed by atoms with Gasteiger partial charge in [-0.3, -0.25) is 9.69 Å². The number of hydrogen-bond donors (Lipinski definition) is 1. The molecule has 130 valence electrons. The number of para-hydroxylation sites is 2. The van der Waals surface area contributed by atoms with Gasteiger partial charge >= 0.3 is 0 Å². The van der Waals surface area contributed by atoms with Gasteiger partial charge < -0.3 is 14.7 Å². The number of primary amides is 1. The van der Waals surface area contributed by atoms with Crippen LogP contribution in [0.1, 0.15) is 47.7 Å². The third-order valence-electron chi connectivity index (χ3n) is 4.48. The molecule has 1 aliphatic heterocycles. The quantitative estimate of drug-likeness (QED) is 0.730. The van der Waals surface area contributed by atoms with Crippen molar-refractivity contribution in [3.05, 3.63) is 41.9 Å². The molecular formula is C17H19N5O3. The molecule has 3 heterocycles. The van der Waals surface area contributed by atoms with E-state index in [-0.39, 0.29) is 11.9 Å². The van der Waals surface area contributed by atoms with Gasteiger partial charge in [0.1, 0.15) is 5.52 Å². The molecule has 25 heavy (non-hydrogen) atoms. The second kappa shape index (κ2) is 6.64. The number of aromatic nitrogens is 3. The first-order chi connectivity index (χ1) is 12.2. The van der Waals surface area contributed by atoms with E-state index in [2.05, 4.69) is 20.0 Å². The number of nitrogens with zero attached hydrogens (tertiary/aromatic N) is 4. The highest BCUT2D eigenvalue weighted by atomic mass is 16.5. The summed E-state index contributed by atoms with van der Waals surface area (Å²) < 4.78 is 11.0. The molecule has 1 amide bonds. The molecule has 4 rings (SSSR count). The maximum Gasteiger partial charge on any atom is 0.290 e. The number of carbonyl (C=O) groups excluding carboxylic acids is 1. The van der Waals surface area contributed by atoms with Gasteiger partial charge in [-0.15, -0.1) is 0 Å². The lowest BCUT2D eigenvalue weighted by Gasteiger charge is -2.20. The van der Waals surface area contributed by atoms with Crippen molar-refractivity contribution >= 4 is 17.0 Å². The van der Waals surface area contributed by atoms with Crippen LogP contribution in [-0.4, -0.2) is 39.0 Å². The van der Waals surface area contributed by atoms with Crippen molar-refractivity contribution in [3.8, 4) is 0 Å². The third-order valence-corrected chi connectivity index (χ3v) is 4.48. The van der Waals surface area contributed by atoms with Gasteiger partial charge in [0.15, 0.2) is 11.5 Å². The summed E-state index contributed by atoms with van der Waals surface area (Å²) in [5.74, 6) is 0.489. The minimum absolute atomic E-state index is 0.0456. The second-order valence-corrected chi connectivity index (χ2v) is 6.19. The van der Waals surface area contributed by atoms with Crippen LogP contribution in [0.4, 0.5) is 0 Å². The van der Waals surface area contributed by atoms with Gasteiger partial charge in [-0.25, -0.2) is 4.98 Å². The van der Waals surface area contributed by atoms with Gasteiger partial charge in [0.25, 0.3) is 11.7 Å². The van der Waals surface area contributed by atoms with Crippen LogP contribution in [-0.2, 0) is 6.42 Å². The molecule has 8 nitrogen and oxygen atoms in total. The predicted octanol–water partition coefficient (Wildman–Crippen LogP) is 2.08. The largest absolute Gasteiger partial charge is 0.441 e. The zero-order valence-corrected chi connectivity index (χ0v) is 13.7. The summed E-state index contributed by atoms with van der Waals surface area (Å²) in [6.07, 6.45) is 3.68. The van der Waals surface area contributed by atoms with Crippen molar-refractivity contribution in [1.82, 2.24) is 20.0 Å². The molecule has 0 radical (unpaired) electrons. The van der Waals surface area contributed by atoms with Crippen LogP contribution >= 0.6 is 0 Å². The van der Waals surface area contributed by atoms with E-state index < -0.39 is 5.91 Å². The molecule has 1 aromatic carbocycles. The Balaban J connectivity index is 1.37. The SMILES string of the molecule is NC(=O)c1noc([C@H]2CCCN2CCCc2nc3ccccc3o2)n1. The van der Waals surface area contributed by atoms with Crippen molar-refractivity contribution in [2.45, 2.75) is 31.7 Å². The van der Waals surface area contributed by atoms with E-state index in [4.69, 9.17) is 14.7 Å². The number of aryl methyl sites for hydroxylation is 1. The lowest BCUT2D eigenvalue weighted by molar-refractivity contribution is 0.0987. The van der Waals surface area contributed by atoms with Crippen molar-refractivity contribution in [1.29, 1.82) is 0 Å². The van der Waals surface area contributed by atoms with E-state index >= 15 is 0 Å². The molecule has 3 aromatic rings. The molecule has 1 atom stereocenters. The fraction of sp³-hybridized carbons (Fsp3) is 0.412. The molecule has 1 saturated heterocycles. The normalized spacial score (nSPS) is 18.2. The highest BCUT2D eigenvalue weighted by Crippen LogP contribution is 2.31. The number of nitrogens with two attached hydrogens (primary N) is 1. The molecule has 1 aliphatic rings. The Morgan fingerprint density at radius 3 is 3.00 bits per heavy atom. The predicted molar refractivity (Wildman–Crippen MR) is 88.7 cm³/mol. The number of carbonyl (C=O) groups is 1. The van der Waals surface area contributed by atoms with Crippen LogP contribution in [0.2, 0.25) is 0 Å². The summed E-state index contributed by atoms with van der Waals surface area (Å²) in [5.41, 5.74) is 6.89. The van der Waals surface area contributed by atoms with E-state index in [1.54, 1.807) is 0 Å². The zero-order chi connectivity index (χ0) is 17.2. The number of hydrogen-bond acceptors (Lipinski definition) is 7. The molecule has 0 saturated carbocycles. The average Bonchev–Trinajstić information content (AvgIpc) is 3.33. The van der Waals surface area contributed by atoms with Gasteiger partial charge in [0.2, 0.25) is 5.89 Å². The number of rotatable bonds is 6. The topological polar surface area (TPSA) is 111 Å². The maximum atomic E-state index is 11.1. The Kier molecular flexibility index (Phi) is 4.19. The van der Waals surface area contributed by atoms with Gasteiger partial charge in [-0.05, 0) is 44.5 Å². The molecule has 1 fully saturated rings. The highest BCUT2D eigenvalue weighted by Gasteiger charge is 2.30.